The molecule has 138 valence electrons. The van der Waals surface area contributed by atoms with Crippen LogP contribution >= 0.6 is 0 Å². The van der Waals surface area contributed by atoms with Crippen LogP contribution in [0.2, 0.25) is 0 Å². The fraction of sp³-hybridized carbons (Fsp3) is 0.421. The van der Waals surface area contributed by atoms with Gasteiger partial charge >= 0.3 is 0 Å². The average molecular weight is 354 g/mol. The van der Waals surface area contributed by atoms with Crippen LogP contribution in [-0.4, -0.2) is 43.8 Å². The fourth-order valence-electron chi connectivity index (χ4n) is 2.94. The average Bonchev–Trinajstić information content (AvgIpc) is 3.26. The SMILES string of the molecule is CC/C=C1/C(c2cnn(C(C)OCC)c2)=NC(c2cnn(C)c2)=CN1C. The van der Waals surface area contributed by atoms with Crippen molar-refractivity contribution in [3.05, 3.63) is 53.9 Å². The zero-order valence-corrected chi connectivity index (χ0v) is 16.0. The third kappa shape index (κ3) is 3.62. The van der Waals surface area contributed by atoms with Gasteiger partial charge in [-0.2, -0.15) is 10.2 Å². The number of aliphatic imine (C=N–C) groups is 1. The molecule has 1 unspecified atom stereocenters. The third-order valence-corrected chi connectivity index (χ3v) is 4.22. The lowest BCUT2D eigenvalue weighted by molar-refractivity contribution is 0.0159. The number of rotatable bonds is 6. The monoisotopic (exact) mass is 354 g/mol. The van der Waals surface area contributed by atoms with Crippen LogP contribution in [0, 0.1) is 0 Å². The highest BCUT2D eigenvalue weighted by Crippen LogP contribution is 2.27. The summed E-state index contributed by atoms with van der Waals surface area (Å²) in [7, 11) is 3.95. The lowest BCUT2D eigenvalue weighted by Crippen LogP contribution is -2.23. The Morgan fingerprint density at radius 3 is 2.54 bits per heavy atom. The first kappa shape index (κ1) is 18.1. The van der Waals surface area contributed by atoms with Crippen LogP contribution in [0.25, 0.3) is 5.70 Å². The highest BCUT2D eigenvalue weighted by Gasteiger charge is 2.22. The van der Waals surface area contributed by atoms with Gasteiger partial charge < -0.3 is 9.64 Å². The van der Waals surface area contributed by atoms with E-state index in [4.69, 9.17) is 9.73 Å². The van der Waals surface area contributed by atoms with E-state index in [2.05, 4.69) is 28.1 Å². The molecular weight excluding hydrogens is 328 g/mol. The molecule has 0 amide bonds. The van der Waals surface area contributed by atoms with Crippen molar-refractivity contribution in [1.82, 2.24) is 24.5 Å². The molecule has 0 aliphatic carbocycles. The van der Waals surface area contributed by atoms with Gasteiger partial charge in [-0.15, -0.1) is 0 Å². The Morgan fingerprint density at radius 2 is 1.88 bits per heavy atom. The quantitative estimate of drug-likeness (QED) is 0.799. The van der Waals surface area contributed by atoms with E-state index in [1.54, 1.807) is 4.68 Å². The number of aromatic nitrogens is 4. The van der Waals surface area contributed by atoms with Crippen molar-refractivity contribution in [3.63, 3.8) is 0 Å². The third-order valence-electron chi connectivity index (χ3n) is 4.22. The Kier molecular flexibility index (Phi) is 5.37. The molecule has 0 saturated heterocycles. The summed E-state index contributed by atoms with van der Waals surface area (Å²) in [5.41, 5.74) is 4.82. The molecule has 7 heteroatoms. The summed E-state index contributed by atoms with van der Waals surface area (Å²) in [6.45, 7) is 6.74. The van der Waals surface area contributed by atoms with Crippen LogP contribution in [0.3, 0.4) is 0 Å². The van der Waals surface area contributed by atoms with Crippen molar-refractivity contribution in [2.45, 2.75) is 33.4 Å². The molecule has 0 aromatic carbocycles. The molecule has 3 heterocycles. The van der Waals surface area contributed by atoms with E-state index in [0.717, 1.165) is 34.7 Å². The number of nitrogens with zero attached hydrogens (tertiary/aromatic N) is 6. The molecule has 0 saturated carbocycles. The first-order valence-corrected chi connectivity index (χ1v) is 8.92. The Labute approximate surface area is 154 Å². The fourth-order valence-corrected chi connectivity index (χ4v) is 2.94. The van der Waals surface area contributed by atoms with E-state index in [1.165, 1.54) is 0 Å². The maximum Gasteiger partial charge on any atom is 0.147 e. The molecule has 1 atom stereocenters. The first-order chi connectivity index (χ1) is 12.5. The maximum atomic E-state index is 5.63. The number of hydrogen-bond acceptors (Lipinski definition) is 5. The zero-order valence-electron chi connectivity index (χ0n) is 16.0. The summed E-state index contributed by atoms with van der Waals surface area (Å²) >= 11 is 0. The van der Waals surface area contributed by atoms with Crippen LogP contribution in [0.4, 0.5) is 0 Å². The molecule has 7 nitrogen and oxygen atoms in total. The van der Waals surface area contributed by atoms with Crippen LogP contribution in [0.1, 0.15) is 44.5 Å². The summed E-state index contributed by atoms with van der Waals surface area (Å²) in [4.78, 5) is 7.03. The molecule has 3 rings (SSSR count). The minimum Gasteiger partial charge on any atom is -0.357 e. The lowest BCUT2D eigenvalue weighted by atomic mass is 10.1. The standard InChI is InChI=1S/C19H26N6O/c1-6-8-18-19(16-10-21-25(12-16)14(3)26-7-2)22-17(13-23(18)4)15-9-20-24(5)11-15/h8-14H,6-7H2,1-5H3/b18-8-. The van der Waals surface area contributed by atoms with E-state index in [1.807, 2.05) is 63.6 Å². The van der Waals surface area contributed by atoms with Crippen molar-refractivity contribution in [3.8, 4) is 0 Å². The van der Waals surface area contributed by atoms with E-state index in [9.17, 15) is 0 Å². The molecule has 2 aromatic heterocycles. The van der Waals surface area contributed by atoms with Gasteiger partial charge in [-0.25, -0.2) is 9.67 Å². The second kappa shape index (κ2) is 7.70. The first-order valence-electron chi connectivity index (χ1n) is 8.92. The Balaban J connectivity index is 2.01. The molecular formula is C19H26N6O. The normalized spacial score (nSPS) is 17.4. The van der Waals surface area contributed by atoms with Crippen molar-refractivity contribution < 1.29 is 4.74 Å². The van der Waals surface area contributed by atoms with Gasteiger partial charge in [0, 0.05) is 50.4 Å². The van der Waals surface area contributed by atoms with Crippen molar-refractivity contribution in [2.75, 3.05) is 13.7 Å². The summed E-state index contributed by atoms with van der Waals surface area (Å²) in [6.07, 6.45) is 12.7. The topological polar surface area (TPSA) is 60.5 Å². The van der Waals surface area contributed by atoms with E-state index in [-0.39, 0.29) is 6.23 Å². The van der Waals surface area contributed by atoms with Crippen LogP contribution < -0.4 is 0 Å². The Bertz CT molecular complexity index is 857. The molecule has 1 aliphatic heterocycles. The summed E-state index contributed by atoms with van der Waals surface area (Å²) in [6, 6.07) is 0. The van der Waals surface area contributed by atoms with Crippen LogP contribution in [0.15, 0.2) is 47.8 Å². The van der Waals surface area contributed by atoms with Crippen molar-refractivity contribution in [2.24, 2.45) is 12.0 Å². The van der Waals surface area contributed by atoms with E-state index in [0.29, 0.717) is 6.61 Å². The van der Waals surface area contributed by atoms with Crippen molar-refractivity contribution in [1.29, 1.82) is 0 Å². The Morgan fingerprint density at radius 1 is 1.12 bits per heavy atom. The molecule has 26 heavy (non-hydrogen) atoms. The highest BCUT2D eigenvalue weighted by atomic mass is 16.5. The molecule has 0 radical (unpaired) electrons. The number of aryl methyl sites for hydroxylation is 1. The van der Waals surface area contributed by atoms with Gasteiger partial charge in [0.2, 0.25) is 0 Å². The van der Waals surface area contributed by atoms with Gasteiger partial charge in [-0.3, -0.25) is 4.68 Å². The largest absolute Gasteiger partial charge is 0.357 e. The van der Waals surface area contributed by atoms with Gasteiger partial charge in [0.15, 0.2) is 0 Å². The summed E-state index contributed by atoms with van der Waals surface area (Å²) in [5.74, 6) is 0. The molecule has 2 aromatic rings. The van der Waals surface area contributed by atoms with Crippen LogP contribution in [-0.2, 0) is 11.8 Å². The maximum absolute atomic E-state index is 5.63. The predicted molar refractivity (Wildman–Crippen MR) is 102 cm³/mol. The summed E-state index contributed by atoms with van der Waals surface area (Å²) < 4.78 is 9.24. The summed E-state index contributed by atoms with van der Waals surface area (Å²) in [5, 5.41) is 8.72. The van der Waals surface area contributed by atoms with Gasteiger partial charge in [-0.05, 0) is 20.3 Å². The molecule has 0 bridgehead atoms. The number of likely N-dealkylation sites (N-methyl/N-ethyl adjacent to an activating group) is 1. The zero-order chi connectivity index (χ0) is 18.7. The lowest BCUT2D eigenvalue weighted by Gasteiger charge is -2.25. The minimum atomic E-state index is -0.109. The second-order valence-corrected chi connectivity index (χ2v) is 6.25. The minimum absolute atomic E-state index is 0.109. The Hall–Kier alpha value is -2.67. The van der Waals surface area contributed by atoms with Gasteiger partial charge in [0.05, 0.1) is 29.5 Å². The molecule has 0 N–H and O–H groups in total. The smallest absolute Gasteiger partial charge is 0.147 e. The van der Waals surface area contributed by atoms with Gasteiger partial charge in [0.25, 0.3) is 0 Å². The molecule has 0 fully saturated rings. The van der Waals surface area contributed by atoms with E-state index >= 15 is 0 Å². The molecule has 1 aliphatic rings. The number of allylic oxidation sites excluding steroid dienone is 2. The predicted octanol–water partition coefficient (Wildman–Crippen LogP) is 3.20. The van der Waals surface area contributed by atoms with Crippen molar-refractivity contribution >= 4 is 11.4 Å². The van der Waals surface area contributed by atoms with Gasteiger partial charge in [0.1, 0.15) is 6.23 Å². The number of hydrogen-bond donors (Lipinski definition) is 0. The highest BCUT2D eigenvalue weighted by molar-refractivity contribution is 6.15. The molecule has 0 spiro atoms. The van der Waals surface area contributed by atoms with E-state index < -0.39 is 0 Å². The second-order valence-electron chi connectivity index (χ2n) is 6.25. The van der Waals surface area contributed by atoms with Crippen LogP contribution in [0.5, 0.6) is 0 Å². The number of ether oxygens (including phenoxy) is 1. The van der Waals surface area contributed by atoms with Gasteiger partial charge in [-0.1, -0.05) is 13.0 Å².